The Bertz CT molecular complexity index is 720. The zero-order valence-electron chi connectivity index (χ0n) is 18.4. The number of ketones is 1. The Labute approximate surface area is 178 Å². The second-order valence-electron chi connectivity index (χ2n) is 9.01. The summed E-state index contributed by atoms with van der Waals surface area (Å²) in [5, 5.41) is 1.23. The SMILES string of the molecule is COc1ccc(C(=O)C[C@@H]2CO[C@H](C3CCCCC3)N(C(=O)OC(C)(C)C)O2)cc1. The van der Waals surface area contributed by atoms with Crippen molar-refractivity contribution in [3.63, 3.8) is 0 Å². The van der Waals surface area contributed by atoms with E-state index in [0.29, 0.717) is 11.3 Å². The number of nitrogens with zero attached hydrogens (tertiary/aromatic N) is 1. The maximum atomic E-state index is 12.8. The summed E-state index contributed by atoms with van der Waals surface area (Å²) in [5.74, 6) is 0.825. The molecule has 3 rings (SSSR count). The molecule has 2 aliphatic rings. The highest BCUT2D eigenvalue weighted by Gasteiger charge is 2.41. The van der Waals surface area contributed by atoms with Gasteiger partial charge in [0.15, 0.2) is 12.0 Å². The molecule has 0 spiro atoms. The Morgan fingerprint density at radius 1 is 1.10 bits per heavy atom. The van der Waals surface area contributed by atoms with E-state index in [-0.39, 0.29) is 24.7 Å². The first-order chi connectivity index (χ1) is 14.3. The van der Waals surface area contributed by atoms with Crippen molar-refractivity contribution < 1.29 is 28.6 Å². The van der Waals surface area contributed by atoms with Crippen molar-refractivity contribution in [2.45, 2.75) is 77.2 Å². The summed E-state index contributed by atoms with van der Waals surface area (Å²) >= 11 is 0. The van der Waals surface area contributed by atoms with Crippen LogP contribution in [0.4, 0.5) is 4.79 Å². The first kappa shape index (κ1) is 22.6. The second kappa shape index (κ2) is 9.79. The number of Topliss-reactive ketones (excluding diaryl/α,β-unsaturated/α-hetero) is 1. The van der Waals surface area contributed by atoms with E-state index in [9.17, 15) is 9.59 Å². The normalized spacial score (nSPS) is 23.1. The van der Waals surface area contributed by atoms with Crippen LogP contribution in [-0.2, 0) is 14.3 Å². The number of rotatable bonds is 5. The number of carbonyl (C=O) groups is 2. The molecule has 1 aliphatic heterocycles. The number of amides is 1. The van der Waals surface area contributed by atoms with E-state index in [1.807, 2.05) is 20.8 Å². The van der Waals surface area contributed by atoms with Gasteiger partial charge in [0.1, 0.15) is 17.5 Å². The van der Waals surface area contributed by atoms with Gasteiger partial charge in [0.05, 0.1) is 13.7 Å². The van der Waals surface area contributed by atoms with Crippen LogP contribution >= 0.6 is 0 Å². The van der Waals surface area contributed by atoms with Crippen molar-refractivity contribution >= 4 is 11.9 Å². The molecule has 1 saturated heterocycles. The van der Waals surface area contributed by atoms with Crippen LogP contribution in [0.25, 0.3) is 0 Å². The summed E-state index contributed by atoms with van der Waals surface area (Å²) in [7, 11) is 1.58. The highest BCUT2D eigenvalue weighted by atomic mass is 16.8. The summed E-state index contributed by atoms with van der Waals surface area (Å²) in [4.78, 5) is 31.5. The van der Waals surface area contributed by atoms with Crippen molar-refractivity contribution in [3.8, 4) is 5.75 Å². The largest absolute Gasteiger partial charge is 0.497 e. The van der Waals surface area contributed by atoms with E-state index in [0.717, 1.165) is 25.7 Å². The number of hydrogen-bond acceptors (Lipinski definition) is 6. The Morgan fingerprint density at radius 3 is 2.37 bits per heavy atom. The lowest BCUT2D eigenvalue weighted by Crippen LogP contribution is -2.55. The van der Waals surface area contributed by atoms with Gasteiger partial charge in [0.2, 0.25) is 0 Å². The molecule has 1 saturated carbocycles. The molecular formula is C23H33NO6. The number of benzene rings is 1. The molecule has 1 amide bonds. The quantitative estimate of drug-likeness (QED) is 0.642. The summed E-state index contributed by atoms with van der Waals surface area (Å²) in [6.07, 6.45) is 3.93. The second-order valence-corrected chi connectivity index (χ2v) is 9.01. The Balaban J connectivity index is 1.68. The molecule has 0 radical (unpaired) electrons. The van der Waals surface area contributed by atoms with Gasteiger partial charge in [0, 0.05) is 17.9 Å². The Kier molecular flexibility index (Phi) is 7.36. The maximum absolute atomic E-state index is 12.8. The summed E-state index contributed by atoms with van der Waals surface area (Å²) < 4.78 is 16.8. The van der Waals surface area contributed by atoms with Gasteiger partial charge in [-0.1, -0.05) is 19.3 Å². The van der Waals surface area contributed by atoms with Crippen LogP contribution in [-0.4, -0.2) is 48.6 Å². The van der Waals surface area contributed by atoms with Gasteiger partial charge < -0.3 is 14.2 Å². The Morgan fingerprint density at radius 2 is 1.77 bits per heavy atom. The van der Waals surface area contributed by atoms with Crippen LogP contribution in [0.3, 0.4) is 0 Å². The summed E-state index contributed by atoms with van der Waals surface area (Å²) in [6, 6.07) is 6.94. The highest BCUT2D eigenvalue weighted by Crippen LogP contribution is 2.33. The monoisotopic (exact) mass is 419 g/mol. The standard InChI is InChI=1S/C23H33NO6/c1-23(2,3)29-22(26)24-21(17-8-6-5-7-9-17)28-15-19(30-24)14-20(25)16-10-12-18(27-4)13-11-16/h10-13,17,19,21H,5-9,14-15H2,1-4H3/t19-,21-/m1/s1. The molecule has 0 aromatic heterocycles. The maximum Gasteiger partial charge on any atom is 0.437 e. The van der Waals surface area contributed by atoms with Crippen LogP contribution < -0.4 is 4.74 Å². The minimum atomic E-state index is -0.649. The average molecular weight is 420 g/mol. The van der Waals surface area contributed by atoms with Crippen molar-refractivity contribution in [1.29, 1.82) is 0 Å². The smallest absolute Gasteiger partial charge is 0.437 e. The molecule has 1 aromatic rings. The van der Waals surface area contributed by atoms with E-state index in [4.69, 9.17) is 19.0 Å². The lowest BCUT2D eigenvalue weighted by atomic mass is 9.87. The van der Waals surface area contributed by atoms with Crippen LogP contribution in [0.1, 0.15) is 69.7 Å². The third-order valence-corrected chi connectivity index (χ3v) is 5.40. The zero-order valence-corrected chi connectivity index (χ0v) is 18.4. The predicted octanol–water partition coefficient (Wildman–Crippen LogP) is 4.74. The number of carbonyl (C=O) groups excluding carboxylic acids is 2. The van der Waals surface area contributed by atoms with Crippen molar-refractivity contribution in [2.24, 2.45) is 5.92 Å². The first-order valence-electron chi connectivity index (χ1n) is 10.7. The highest BCUT2D eigenvalue weighted by molar-refractivity contribution is 5.96. The van der Waals surface area contributed by atoms with Gasteiger partial charge in [0.25, 0.3) is 0 Å². The van der Waals surface area contributed by atoms with Crippen LogP contribution in [0.15, 0.2) is 24.3 Å². The first-order valence-corrected chi connectivity index (χ1v) is 10.7. The van der Waals surface area contributed by atoms with Crippen LogP contribution in [0.2, 0.25) is 0 Å². The van der Waals surface area contributed by atoms with Gasteiger partial charge in [-0.15, -0.1) is 0 Å². The molecule has 7 heteroatoms. The van der Waals surface area contributed by atoms with Crippen LogP contribution in [0, 0.1) is 5.92 Å². The fourth-order valence-corrected chi connectivity index (χ4v) is 3.92. The molecule has 1 heterocycles. The Hall–Kier alpha value is -2.12. The molecule has 1 aliphatic carbocycles. The number of hydrogen-bond donors (Lipinski definition) is 0. The van der Waals surface area contributed by atoms with Gasteiger partial charge in [-0.25, -0.2) is 4.79 Å². The van der Waals surface area contributed by atoms with E-state index in [1.54, 1.807) is 31.4 Å². The molecule has 1 aromatic carbocycles. The number of methoxy groups -OCH3 is 1. The molecule has 30 heavy (non-hydrogen) atoms. The van der Waals surface area contributed by atoms with Crippen LogP contribution in [0.5, 0.6) is 5.75 Å². The zero-order chi connectivity index (χ0) is 21.7. The fourth-order valence-electron chi connectivity index (χ4n) is 3.92. The topological polar surface area (TPSA) is 74.3 Å². The fraction of sp³-hybridized carbons (Fsp3) is 0.652. The number of ether oxygens (including phenoxy) is 3. The minimum Gasteiger partial charge on any atom is -0.497 e. The molecule has 0 bridgehead atoms. The molecule has 0 unspecified atom stereocenters. The van der Waals surface area contributed by atoms with Gasteiger partial charge in [-0.3, -0.25) is 9.63 Å². The molecule has 2 atom stereocenters. The van der Waals surface area contributed by atoms with E-state index in [2.05, 4.69) is 0 Å². The van der Waals surface area contributed by atoms with Gasteiger partial charge >= 0.3 is 6.09 Å². The number of hydroxylamine groups is 2. The lowest BCUT2D eigenvalue weighted by Gasteiger charge is -2.42. The van der Waals surface area contributed by atoms with Gasteiger partial charge in [-0.2, -0.15) is 5.06 Å². The van der Waals surface area contributed by atoms with Crippen molar-refractivity contribution in [3.05, 3.63) is 29.8 Å². The summed E-state index contributed by atoms with van der Waals surface area (Å²) in [5.41, 5.74) is -0.0821. The van der Waals surface area contributed by atoms with Crippen molar-refractivity contribution in [1.82, 2.24) is 5.06 Å². The molecule has 2 fully saturated rings. The third-order valence-electron chi connectivity index (χ3n) is 5.40. The van der Waals surface area contributed by atoms with Gasteiger partial charge in [-0.05, 0) is 57.9 Å². The predicted molar refractivity (Wildman–Crippen MR) is 111 cm³/mol. The van der Waals surface area contributed by atoms with E-state index in [1.165, 1.54) is 11.5 Å². The van der Waals surface area contributed by atoms with E-state index >= 15 is 0 Å². The molecule has 0 N–H and O–H groups in total. The molecule has 7 nitrogen and oxygen atoms in total. The molecule has 166 valence electrons. The van der Waals surface area contributed by atoms with Crippen molar-refractivity contribution in [2.75, 3.05) is 13.7 Å². The minimum absolute atomic E-state index is 0.0773. The molecular weight excluding hydrogens is 386 g/mol. The third kappa shape index (κ3) is 5.95. The lowest BCUT2D eigenvalue weighted by molar-refractivity contribution is -0.322. The average Bonchev–Trinajstić information content (AvgIpc) is 2.73. The summed E-state index contributed by atoms with van der Waals surface area (Å²) in [6.45, 7) is 5.71. The van der Waals surface area contributed by atoms with E-state index < -0.39 is 24.0 Å².